The molecule has 0 saturated heterocycles. The molecule has 0 bridgehead atoms. The van der Waals surface area contributed by atoms with Crippen LogP contribution in [0.25, 0.3) is 0 Å². The summed E-state index contributed by atoms with van der Waals surface area (Å²) in [5.74, 6) is 0.712. The summed E-state index contributed by atoms with van der Waals surface area (Å²) in [5, 5.41) is 18.5. The highest BCUT2D eigenvalue weighted by atomic mass is 16.5. The van der Waals surface area contributed by atoms with Crippen molar-refractivity contribution in [2.75, 3.05) is 13.2 Å². The Morgan fingerprint density at radius 1 is 1.41 bits per heavy atom. The molecule has 2 aromatic rings. The number of hydrogen-bond donors (Lipinski definition) is 3. The molecule has 2 rings (SSSR count). The van der Waals surface area contributed by atoms with Gasteiger partial charge in [-0.1, -0.05) is 32.0 Å². The molecule has 0 spiro atoms. The molecule has 118 valence electrons. The van der Waals surface area contributed by atoms with Crippen molar-refractivity contribution in [1.29, 1.82) is 0 Å². The van der Waals surface area contributed by atoms with Gasteiger partial charge in [0.2, 0.25) is 0 Å². The second-order valence-corrected chi connectivity index (χ2v) is 5.23. The lowest BCUT2D eigenvalue weighted by Gasteiger charge is -2.10. The average molecular weight is 303 g/mol. The van der Waals surface area contributed by atoms with Gasteiger partial charge in [-0.25, -0.2) is 0 Å². The Bertz CT molecular complexity index is 623. The van der Waals surface area contributed by atoms with Gasteiger partial charge in [0.05, 0.1) is 6.61 Å². The SMILES string of the molecule is CC(C)c1cc(C(=O)NCc2ccccc2OCCO)n[nH]1. The van der Waals surface area contributed by atoms with Gasteiger partial charge in [0, 0.05) is 17.8 Å². The predicted octanol–water partition coefficient (Wildman–Crippen LogP) is 1.83. The third-order valence-corrected chi connectivity index (χ3v) is 3.21. The number of aromatic amines is 1. The maximum absolute atomic E-state index is 12.1. The van der Waals surface area contributed by atoms with Crippen LogP contribution in [0.1, 0.15) is 41.5 Å². The van der Waals surface area contributed by atoms with E-state index in [2.05, 4.69) is 15.5 Å². The Morgan fingerprint density at radius 2 is 2.18 bits per heavy atom. The normalized spacial score (nSPS) is 10.7. The molecule has 6 heteroatoms. The van der Waals surface area contributed by atoms with E-state index in [-0.39, 0.29) is 19.1 Å². The van der Waals surface area contributed by atoms with Crippen molar-refractivity contribution in [3.63, 3.8) is 0 Å². The predicted molar refractivity (Wildman–Crippen MR) is 82.9 cm³/mol. The van der Waals surface area contributed by atoms with Crippen molar-refractivity contribution < 1.29 is 14.6 Å². The number of hydrogen-bond acceptors (Lipinski definition) is 4. The maximum atomic E-state index is 12.1. The molecule has 0 saturated carbocycles. The zero-order valence-corrected chi connectivity index (χ0v) is 12.8. The highest BCUT2D eigenvalue weighted by Crippen LogP contribution is 2.18. The van der Waals surface area contributed by atoms with Gasteiger partial charge in [-0.3, -0.25) is 9.89 Å². The molecule has 22 heavy (non-hydrogen) atoms. The Hall–Kier alpha value is -2.34. The summed E-state index contributed by atoms with van der Waals surface area (Å²) in [6.07, 6.45) is 0. The van der Waals surface area contributed by atoms with E-state index in [0.29, 0.717) is 23.9 Å². The molecule has 1 heterocycles. The number of nitrogens with one attached hydrogen (secondary N) is 2. The number of rotatable bonds is 7. The first kappa shape index (κ1) is 16.0. The number of benzene rings is 1. The van der Waals surface area contributed by atoms with Crippen LogP contribution in [0.4, 0.5) is 0 Å². The lowest BCUT2D eigenvalue weighted by Crippen LogP contribution is -2.23. The van der Waals surface area contributed by atoms with Crippen LogP contribution in [-0.2, 0) is 6.54 Å². The standard InChI is InChI=1S/C16H21N3O3/c1-11(2)13-9-14(19-18-13)16(21)17-10-12-5-3-4-6-15(12)22-8-7-20/h3-6,9,11,20H,7-8,10H2,1-2H3,(H,17,21)(H,18,19). The van der Waals surface area contributed by atoms with Gasteiger partial charge in [0.1, 0.15) is 18.1 Å². The second-order valence-electron chi connectivity index (χ2n) is 5.23. The summed E-state index contributed by atoms with van der Waals surface area (Å²) in [5.41, 5.74) is 2.15. The van der Waals surface area contributed by atoms with E-state index in [9.17, 15) is 4.79 Å². The first-order valence-corrected chi connectivity index (χ1v) is 7.27. The molecule has 0 fully saturated rings. The minimum Gasteiger partial charge on any atom is -0.491 e. The van der Waals surface area contributed by atoms with Gasteiger partial charge in [0.25, 0.3) is 5.91 Å². The van der Waals surface area contributed by atoms with E-state index in [4.69, 9.17) is 9.84 Å². The van der Waals surface area contributed by atoms with Crippen LogP contribution in [-0.4, -0.2) is 34.4 Å². The molecule has 1 aromatic heterocycles. The second kappa shape index (κ2) is 7.61. The summed E-state index contributed by atoms with van der Waals surface area (Å²) in [7, 11) is 0. The number of para-hydroxylation sites is 1. The molecule has 0 unspecified atom stereocenters. The number of ether oxygens (including phenoxy) is 1. The lowest BCUT2D eigenvalue weighted by atomic mass is 10.1. The molecule has 0 radical (unpaired) electrons. The molecule has 3 N–H and O–H groups in total. The average Bonchev–Trinajstić information content (AvgIpc) is 3.01. The molecule has 6 nitrogen and oxygen atoms in total. The lowest BCUT2D eigenvalue weighted by molar-refractivity contribution is 0.0945. The van der Waals surface area contributed by atoms with Crippen molar-refractivity contribution in [2.24, 2.45) is 0 Å². The van der Waals surface area contributed by atoms with Gasteiger partial charge in [-0.15, -0.1) is 0 Å². The molecule has 0 aliphatic heterocycles. The number of aromatic nitrogens is 2. The van der Waals surface area contributed by atoms with E-state index in [0.717, 1.165) is 11.3 Å². The largest absolute Gasteiger partial charge is 0.491 e. The van der Waals surface area contributed by atoms with Crippen LogP contribution in [0.15, 0.2) is 30.3 Å². The number of aliphatic hydroxyl groups is 1. The number of carbonyl (C=O) groups excluding carboxylic acids is 1. The Morgan fingerprint density at radius 3 is 2.86 bits per heavy atom. The molecule has 0 atom stereocenters. The molecular weight excluding hydrogens is 282 g/mol. The molecule has 0 aliphatic rings. The topological polar surface area (TPSA) is 87.2 Å². The highest BCUT2D eigenvalue weighted by Gasteiger charge is 2.12. The summed E-state index contributed by atoms with van der Waals surface area (Å²) in [6.45, 7) is 4.58. The minimum absolute atomic E-state index is 0.0497. The molecule has 1 aromatic carbocycles. The number of amides is 1. The Labute approximate surface area is 129 Å². The Balaban J connectivity index is 1.98. The smallest absolute Gasteiger partial charge is 0.272 e. The minimum atomic E-state index is -0.236. The third-order valence-electron chi connectivity index (χ3n) is 3.21. The van der Waals surface area contributed by atoms with Crippen LogP contribution in [0.3, 0.4) is 0 Å². The van der Waals surface area contributed by atoms with Crippen molar-refractivity contribution >= 4 is 5.91 Å². The number of H-pyrrole nitrogens is 1. The van der Waals surface area contributed by atoms with E-state index in [1.54, 1.807) is 6.07 Å². The Kier molecular flexibility index (Phi) is 5.55. The van der Waals surface area contributed by atoms with Crippen molar-refractivity contribution in [2.45, 2.75) is 26.3 Å². The fourth-order valence-corrected chi connectivity index (χ4v) is 1.96. The van der Waals surface area contributed by atoms with Crippen molar-refractivity contribution in [1.82, 2.24) is 15.5 Å². The molecular formula is C16H21N3O3. The van der Waals surface area contributed by atoms with Gasteiger partial charge in [-0.05, 0) is 18.1 Å². The summed E-state index contributed by atoms with van der Waals surface area (Å²) >= 11 is 0. The first-order chi connectivity index (χ1) is 10.6. The monoisotopic (exact) mass is 303 g/mol. The molecule has 1 amide bonds. The number of carbonyl (C=O) groups is 1. The number of nitrogens with zero attached hydrogens (tertiary/aromatic N) is 1. The third kappa shape index (κ3) is 4.08. The summed E-state index contributed by atoms with van der Waals surface area (Å²) < 4.78 is 5.44. The summed E-state index contributed by atoms with van der Waals surface area (Å²) in [6, 6.07) is 9.16. The highest BCUT2D eigenvalue weighted by molar-refractivity contribution is 5.92. The maximum Gasteiger partial charge on any atom is 0.272 e. The van der Waals surface area contributed by atoms with Gasteiger partial charge >= 0.3 is 0 Å². The quantitative estimate of drug-likeness (QED) is 0.728. The van der Waals surface area contributed by atoms with Crippen molar-refractivity contribution in [3.05, 3.63) is 47.3 Å². The van der Waals surface area contributed by atoms with Gasteiger partial charge in [-0.2, -0.15) is 5.10 Å². The van der Waals surface area contributed by atoms with E-state index < -0.39 is 0 Å². The van der Waals surface area contributed by atoms with Crippen molar-refractivity contribution in [3.8, 4) is 5.75 Å². The molecule has 0 aliphatic carbocycles. The van der Waals surface area contributed by atoms with Crippen LogP contribution >= 0.6 is 0 Å². The fourth-order valence-electron chi connectivity index (χ4n) is 1.96. The van der Waals surface area contributed by atoms with Crippen LogP contribution in [0.2, 0.25) is 0 Å². The van der Waals surface area contributed by atoms with Gasteiger partial charge < -0.3 is 15.2 Å². The summed E-state index contributed by atoms with van der Waals surface area (Å²) in [4.78, 5) is 12.1. The van der Waals surface area contributed by atoms with Gasteiger partial charge in [0.15, 0.2) is 0 Å². The van der Waals surface area contributed by atoms with Crippen LogP contribution < -0.4 is 10.1 Å². The number of aliphatic hydroxyl groups excluding tert-OH is 1. The first-order valence-electron chi connectivity index (χ1n) is 7.27. The van der Waals surface area contributed by atoms with Crippen LogP contribution in [0, 0.1) is 0 Å². The van der Waals surface area contributed by atoms with E-state index in [1.807, 2.05) is 38.1 Å². The van der Waals surface area contributed by atoms with Crippen LogP contribution in [0.5, 0.6) is 5.75 Å². The van der Waals surface area contributed by atoms with E-state index >= 15 is 0 Å². The zero-order chi connectivity index (χ0) is 15.9. The van der Waals surface area contributed by atoms with E-state index in [1.165, 1.54) is 0 Å². The fraction of sp³-hybridized carbons (Fsp3) is 0.375. The zero-order valence-electron chi connectivity index (χ0n) is 12.8.